The largest absolute Gasteiger partial charge is 0.385 e. The van der Waals surface area contributed by atoms with E-state index >= 15 is 0 Å². The summed E-state index contributed by atoms with van der Waals surface area (Å²) in [7, 11) is 1.79. The van der Waals surface area contributed by atoms with E-state index in [1.54, 1.807) is 7.11 Å². The summed E-state index contributed by atoms with van der Waals surface area (Å²) >= 11 is 0. The van der Waals surface area contributed by atoms with E-state index in [9.17, 15) is 0 Å². The van der Waals surface area contributed by atoms with Crippen molar-refractivity contribution in [3.63, 3.8) is 0 Å². The second kappa shape index (κ2) is 12.4. The number of rotatable bonds is 12. The van der Waals surface area contributed by atoms with Crippen LogP contribution < -0.4 is 10.6 Å². The Balaban J connectivity index is 0.00000338. The van der Waals surface area contributed by atoms with E-state index in [0.29, 0.717) is 10.8 Å². The van der Waals surface area contributed by atoms with Gasteiger partial charge in [-0.15, -0.1) is 24.0 Å². The van der Waals surface area contributed by atoms with Crippen molar-refractivity contribution < 1.29 is 9.47 Å². The van der Waals surface area contributed by atoms with Crippen LogP contribution in [0.25, 0.3) is 0 Å². The van der Waals surface area contributed by atoms with E-state index in [2.05, 4.69) is 24.5 Å². The summed E-state index contributed by atoms with van der Waals surface area (Å²) < 4.78 is 10.9. The zero-order valence-electron chi connectivity index (χ0n) is 17.1. The molecule has 0 amide bonds. The van der Waals surface area contributed by atoms with E-state index in [1.807, 2.05) is 0 Å². The molecule has 0 bridgehead atoms. The highest BCUT2D eigenvalue weighted by atomic mass is 127. The zero-order chi connectivity index (χ0) is 18.0. The number of aliphatic imine (C=N–C) groups is 1. The zero-order valence-corrected chi connectivity index (χ0v) is 19.4. The molecule has 2 rings (SSSR count). The molecule has 0 spiro atoms. The van der Waals surface area contributed by atoms with Crippen molar-refractivity contribution in [3.05, 3.63) is 0 Å². The van der Waals surface area contributed by atoms with Crippen LogP contribution in [-0.2, 0) is 9.47 Å². The van der Waals surface area contributed by atoms with Gasteiger partial charge in [-0.1, -0.05) is 12.8 Å². The number of nitrogens with one attached hydrogen (secondary N) is 2. The van der Waals surface area contributed by atoms with Gasteiger partial charge in [0.2, 0.25) is 0 Å². The van der Waals surface area contributed by atoms with Gasteiger partial charge < -0.3 is 20.1 Å². The fraction of sp³-hybridized carbons (Fsp3) is 0.950. The molecular formula is C20H40IN3O2. The van der Waals surface area contributed by atoms with Crippen molar-refractivity contribution in [1.82, 2.24) is 10.6 Å². The monoisotopic (exact) mass is 481 g/mol. The summed E-state index contributed by atoms with van der Waals surface area (Å²) in [4.78, 5) is 4.97. The van der Waals surface area contributed by atoms with Crippen LogP contribution >= 0.6 is 24.0 Å². The number of halogens is 1. The predicted molar refractivity (Wildman–Crippen MR) is 120 cm³/mol. The summed E-state index contributed by atoms with van der Waals surface area (Å²) in [5, 5.41) is 7.02. The van der Waals surface area contributed by atoms with E-state index < -0.39 is 0 Å². The molecule has 5 nitrogen and oxygen atoms in total. The normalized spacial score (nSPS) is 20.5. The van der Waals surface area contributed by atoms with Crippen LogP contribution in [-0.4, -0.2) is 52.5 Å². The molecule has 0 atom stereocenters. The van der Waals surface area contributed by atoms with Crippen molar-refractivity contribution >= 4 is 29.9 Å². The van der Waals surface area contributed by atoms with Gasteiger partial charge in [-0.25, -0.2) is 0 Å². The Morgan fingerprint density at radius 1 is 0.962 bits per heavy atom. The molecule has 0 unspecified atom stereocenters. The highest BCUT2D eigenvalue weighted by Gasteiger charge is 2.42. The quantitative estimate of drug-likeness (QED) is 0.192. The highest BCUT2D eigenvalue weighted by Crippen LogP contribution is 2.48. The Kier molecular flexibility index (Phi) is 11.4. The van der Waals surface area contributed by atoms with Gasteiger partial charge in [0.1, 0.15) is 0 Å². The number of methoxy groups -OCH3 is 1. The van der Waals surface area contributed by atoms with Crippen LogP contribution in [0.5, 0.6) is 0 Å². The van der Waals surface area contributed by atoms with Crippen molar-refractivity contribution in [3.8, 4) is 0 Å². The van der Waals surface area contributed by atoms with Gasteiger partial charge in [-0.3, -0.25) is 4.99 Å². The Labute approximate surface area is 177 Å². The SMILES string of the molecule is CCNC(=NCC1(CCOCC)CCCC1)NCC1(CCOC)CC1.I. The van der Waals surface area contributed by atoms with Gasteiger partial charge in [0.05, 0.1) is 0 Å². The number of hydrogen-bond acceptors (Lipinski definition) is 3. The topological polar surface area (TPSA) is 54.9 Å². The molecular weight excluding hydrogens is 441 g/mol. The Hall–Kier alpha value is -0.0800. The minimum absolute atomic E-state index is 0. The maximum Gasteiger partial charge on any atom is 0.191 e. The standard InChI is InChI=1S/C20H39N3O2.HI/c1-4-21-18(23-17-20(10-11-20)12-14-24-3)22-16-19(8-6-7-9-19)13-15-25-5-2;/h4-17H2,1-3H3,(H2,21,22,23);1H. The number of guanidine groups is 1. The molecule has 6 heteroatoms. The molecule has 0 saturated heterocycles. The van der Waals surface area contributed by atoms with Crippen molar-refractivity contribution in [2.75, 3.05) is 46.6 Å². The molecule has 2 fully saturated rings. The number of hydrogen-bond donors (Lipinski definition) is 2. The average molecular weight is 481 g/mol. The first kappa shape index (κ1) is 24.0. The van der Waals surface area contributed by atoms with Crippen molar-refractivity contribution in [2.24, 2.45) is 15.8 Å². The molecule has 0 radical (unpaired) electrons. The molecule has 26 heavy (non-hydrogen) atoms. The summed E-state index contributed by atoms with van der Waals surface area (Å²) in [5.74, 6) is 0.980. The van der Waals surface area contributed by atoms with Crippen molar-refractivity contribution in [2.45, 2.75) is 65.2 Å². The summed E-state index contributed by atoms with van der Waals surface area (Å²) in [5.41, 5.74) is 0.789. The van der Waals surface area contributed by atoms with Crippen LogP contribution in [0.3, 0.4) is 0 Å². The maximum atomic E-state index is 5.62. The lowest BCUT2D eigenvalue weighted by molar-refractivity contribution is 0.107. The predicted octanol–water partition coefficient (Wildman–Crippen LogP) is 3.96. The first-order valence-corrected chi connectivity index (χ1v) is 10.3. The molecule has 2 aliphatic carbocycles. The molecule has 2 aliphatic rings. The Morgan fingerprint density at radius 3 is 2.23 bits per heavy atom. The van der Waals surface area contributed by atoms with Crippen LogP contribution in [0.1, 0.15) is 65.2 Å². The maximum absolute atomic E-state index is 5.62. The van der Waals surface area contributed by atoms with Crippen molar-refractivity contribution in [1.29, 1.82) is 0 Å². The third kappa shape index (κ3) is 7.89. The number of ether oxygens (including phenoxy) is 2. The lowest BCUT2D eigenvalue weighted by Crippen LogP contribution is -2.41. The van der Waals surface area contributed by atoms with E-state index in [0.717, 1.165) is 58.3 Å². The first-order valence-electron chi connectivity index (χ1n) is 10.3. The highest BCUT2D eigenvalue weighted by molar-refractivity contribution is 14.0. The molecule has 0 aromatic carbocycles. The van der Waals surface area contributed by atoms with Gasteiger partial charge >= 0.3 is 0 Å². The minimum atomic E-state index is 0. The molecule has 2 N–H and O–H groups in total. The third-order valence-electron chi connectivity index (χ3n) is 5.99. The lowest BCUT2D eigenvalue weighted by Gasteiger charge is -2.27. The van der Waals surface area contributed by atoms with Crippen LogP contribution in [0.2, 0.25) is 0 Å². The van der Waals surface area contributed by atoms with E-state index in [4.69, 9.17) is 14.5 Å². The molecule has 0 aromatic heterocycles. The second-order valence-corrected chi connectivity index (χ2v) is 7.95. The van der Waals surface area contributed by atoms with Gasteiger partial charge in [0, 0.05) is 46.6 Å². The molecule has 154 valence electrons. The van der Waals surface area contributed by atoms with Crippen LogP contribution in [0.4, 0.5) is 0 Å². The summed E-state index contributed by atoms with van der Waals surface area (Å²) in [6.07, 6.45) is 10.2. The average Bonchev–Trinajstić information content (AvgIpc) is 3.25. The van der Waals surface area contributed by atoms with Gasteiger partial charge in [-0.05, 0) is 63.2 Å². The van der Waals surface area contributed by atoms with Crippen LogP contribution in [0.15, 0.2) is 4.99 Å². The summed E-state index contributed by atoms with van der Waals surface area (Å²) in [6, 6.07) is 0. The number of nitrogens with zero attached hydrogens (tertiary/aromatic N) is 1. The van der Waals surface area contributed by atoms with Gasteiger partial charge in [0.15, 0.2) is 5.96 Å². The fourth-order valence-electron chi connectivity index (χ4n) is 3.92. The van der Waals surface area contributed by atoms with E-state index in [1.165, 1.54) is 38.5 Å². The minimum Gasteiger partial charge on any atom is -0.385 e. The fourth-order valence-corrected chi connectivity index (χ4v) is 3.92. The Morgan fingerprint density at radius 2 is 1.65 bits per heavy atom. The van der Waals surface area contributed by atoms with Gasteiger partial charge in [-0.2, -0.15) is 0 Å². The van der Waals surface area contributed by atoms with E-state index in [-0.39, 0.29) is 24.0 Å². The lowest BCUT2D eigenvalue weighted by atomic mass is 9.83. The summed E-state index contributed by atoms with van der Waals surface area (Å²) in [6.45, 7) is 9.58. The Bertz CT molecular complexity index is 408. The molecule has 0 heterocycles. The third-order valence-corrected chi connectivity index (χ3v) is 5.99. The molecule has 0 aromatic rings. The van der Waals surface area contributed by atoms with Crippen LogP contribution in [0, 0.1) is 10.8 Å². The first-order chi connectivity index (χ1) is 12.2. The second-order valence-electron chi connectivity index (χ2n) is 7.95. The smallest absolute Gasteiger partial charge is 0.191 e. The molecule has 0 aliphatic heterocycles. The van der Waals surface area contributed by atoms with Gasteiger partial charge in [0.25, 0.3) is 0 Å². The molecule has 2 saturated carbocycles.